The van der Waals surface area contributed by atoms with Crippen LogP contribution in [0.5, 0.6) is 0 Å². The van der Waals surface area contributed by atoms with Gasteiger partial charge in [0, 0.05) is 18.7 Å². The van der Waals surface area contributed by atoms with Gasteiger partial charge in [-0.1, -0.05) is 6.92 Å². The number of anilines is 1. The van der Waals surface area contributed by atoms with Crippen molar-refractivity contribution in [3.8, 4) is 0 Å². The van der Waals surface area contributed by atoms with E-state index in [2.05, 4.69) is 40.0 Å². The number of pyridine rings is 1. The second-order valence-electron chi connectivity index (χ2n) is 4.16. The fourth-order valence-electron chi connectivity index (χ4n) is 1.85. The van der Waals surface area contributed by atoms with Crippen LogP contribution in [0.1, 0.15) is 25.6 Å². The van der Waals surface area contributed by atoms with Gasteiger partial charge in [-0.25, -0.2) is 4.98 Å². The molecular formula is C12H15N3. The van der Waals surface area contributed by atoms with E-state index in [0.717, 1.165) is 12.2 Å². The average Bonchev–Trinajstić information content (AvgIpc) is 2.97. The van der Waals surface area contributed by atoms with Gasteiger partial charge in [-0.15, -0.1) is 0 Å². The number of fused-ring (bicyclic) bond motifs is 1. The van der Waals surface area contributed by atoms with E-state index in [4.69, 9.17) is 0 Å². The van der Waals surface area contributed by atoms with Crippen molar-refractivity contribution in [2.45, 2.75) is 32.2 Å². The average molecular weight is 201 g/mol. The summed E-state index contributed by atoms with van der Waals surface area (Å²) in [4.78, 5) is 4.38. The lowest BCUT2D eigenvalue weighted by atomic mass is 10.3. The molecule has 0 aliphatic heterocycles. The molecule has 1 saturated carbocycles. The van der Waals surface area contributed by atoms with Crippen molar-refractivity contribution >= 4 is 11.2 Å². The van der Waals surface area contributed by atoms with Gasteiger partial charge < -0.3 is 9.72 Å². The third-order valence-electron chi connectivity index (χ3n) is 2.87. The Labute approximate surface area is 89.1 Å². The van der Waals surface area contributed by atoms with Crippen molar-refractivity contribution in [3.05, 3.63) is 30.4 Å². The fourth-order valence-corrected chi connectivity index (χ4v) is 1.85. The van der Waals surface area contributed by atoms with Crippen molar-refractivity contribution in [2.75, 3.05) is 5.32 Å². The first kappa shape index (κ1) is 8.77. The Kier molecular flexibility index (Phi) is 1.91. The number of rotatable bonds is 3. The first-order valence-corrected chi connectivity index (χ1v) is 5.59. The standard InChI is InChI=1S/C12H15N3/c1-2-12-13-7-11-6-5-10(8-15(11)12)14-9-3-4-9/h5-9,14H,2-4H2,1H3. The molecule has 0 saturated heterocycles. The Morgan fingerprint density at radius 2 is 2.33 bits per heavy atom. The van der Waals surface area contributed by atoms with Gasteiger partial charge in [-0.2, -0.15) is 0 Å². The van der Waals surface area contributed by atoms with Crippen LogP contribution in [0, 0.1) is 0 Å². The maximum atomic E-state index is 4.38. The summed E-state index contributed by atoms with van der Waals surface area (Å²) in [6, 6.07) is 4.96. The van der Waals surface area contributed by atoms with Crippen molar-refractivity contribution in [1.82, 2.24) is 9.38 Å². The molecule has 2 aromatic heterocycles. The number of hydrogen-bond donors (Lipinski definition) is 1. The number of hydrogen-bond acceptors (Lipinski definition) is 2. The van der Waals surface area contributed by atoms with E-state index < -0.39 is 0 Å². The van der Waals surface area contributed by atoms with E-state index in [-0.39, 0.29) is 0 Å². The highest BCUT2D eigenvalue weighted by atomic mass is 15.0. The summed E-state index contributed by atoms with van der Waals surface area (Å²) >= 11 is 0. The highest BCUT2D eigenvalue weighted by Crippen LogP contribution is 2.25. The zero-order valence-corrected chi connectivity index (χ0v) is 8.90. The van der Waals surface area contributed by atoms with E-state index in [1.807, 2.05) is 6.20 Å². The summed E-state index contributed by atoms with van der Waals surface area (Å²) < 4.78 is 2.17. The van der Waals surface area contributed by atoms with Gasteiger partial charge in [0.05, 0.1) is 17.4 Å². The third-order valence-corrected chi connectivity index (χ3v) is 2.87. The van der Waals surface area contributed by atoms with E-state index >= 15 is 0 Å². The molecule has 0 atom stereocenters. The van der Waals surface area contributed by atoms with Crippen molar-refractivity contribution in [2.24, 2.45) is 0 Å². The van der Waals surface area contributed by atoms with Crippen LogP contribution < -0.4 is 5.32 Å². The minimum absolute atomic E-state index is 0.705. The largest absolute Gasteiger partial charge is 0.381 e. The van der Waals surface area contributed by atoms with Crippen LogP contribution in [0.15, 0.2) is 24.5 Å². The smallest absolute Gasteiger partial charge is 0.112 e. The molecule has 0 bridgehead atoms. The molecule has 2 heterocycles. The van der Waals surface area contributed by atoms with Crippen LogP contribution in [0.3, 0.4) is 0 Å². The Balaban J connectivity index is 2.01. The lowest BCUT2D eigenvalue weighted by molar-refractivity contribution is 0.932. The van der Waals surface area contributed by atoms with Gasteiger partial charge in [0.1, 0.15) is 5.82 Å². The van der Waals surface area contributed by atoms with E-state index in [9.17, 15) is 0 Å². The Hall–Kier alpha value is -1.51. The number of imidazole rings is 1. The van der Waals surface area contributed by atoms with Gasteiger partial charge in [0.15, 0.2) is 0 Å². The van der Waals surface area contributed by atoms with Crippen molar-refractivity contribution in [3.63, 3.8) is 0 Å². The van der Waals surface area contributed by atoms with E-state index in [1.54, 1.807) is 0 Å². The van der Waals surface area contributed by atoms with E-state index in [1.165, 1.54) is 24.0 Å². The molecule has 0 amide bonds. The minimum atomic E-state index is 0.705. The quantitative estimate of drug-likeness (QED) is 0.826. The van der Waals surface area contributed by atoms with Crippen LogP contribution in [-0.4, -0.2) is 15.4 Å². The molecule has 0 unspecified atom stereocenters. The molecule has 1 aliphatic carbocycles. The summed E-state index contributed by atoms with van der Waals surface area (Å²) in [5.41, 5.74) is 2.38. The van der Waals surface area contributed by atoms with Crippen LogP contribution >= 0.6 is 0 Å². The maximum Gasteiger partial charge on any atom is 0.112 e. The zero-order chi connectivity index (χ0) is 10.3. The number of aromatic nitrogens is 2. The zero-order valence-electron chi connectivity index (χ0n) is 8.90. The molecule has 0 spiro atoms. The molecule has 3 heteroatoms. The monoisotopic (exact) mass is 201 g/mol. The second-order valence-corrected chi connectivity index (χ2v) is 4.16. The SMILES string of the molecule is CCc1ncc2ccc(NC3CC3)cn12. The fraction of sp³-hybridized carbons (Fsp3) is 0.417. The first-order chi connectivity index (χ1) is 7.36. The first-order valence-electron chi connectivity index (χ1n) is 5.59. The molecule has 1 N–H and O–H groups in total. The second kappa shape index (κ2) is 3.26. The molecule has 0 aromatic carbocycles. The summed E-state index contributed by atoms with van der Waals surface area (Å²) in [5, 5.41) is 3.50. The Bertz CT molecular complexity index is 483. The summed E-state index contributed by atoms with van der Waals surface area (Å²) in [5.74, 6) is 1.13. The summed E-state index contributed by atoms with van der Waals surface area (Å²) in [6.07, 6.45) is 7.67. The lowest BCUT2D eigenvalue weighted by Gasteiger charge is -2.06. The predicted molar refractivity (Wildman–Crippen MR) is 61.2 cm³/mol. The van der Waals surface area contributed by atoms with Crippen molar-refractivity contribution < 1.29 is 0 Å². The lowest BCUT2D eigenvalue weighted by Crippen LogP contribution is -2.02. The van der Waals surface area contributed by atoms with Crippen LogP contribution in [0.4, 0.5) is 5.69 Å². The Morgan fingerprint density at radius 1 is 1.47 bits per heavy atom. The maximum absolute atomic E-state index is 4.38. The normalized spacial score (nSPS) is 15.8. The predicted octanol–water partition coefficient (Wildman–Crippen LogP) is 2.47. The number of nitrogens with zero attached hydrogens (tertiary/aromatic N) is 2. The third kappa shape index (κ3) is 1.58. The molecule has 1 aliphatic rings. The molecule has 3 nitrogen and oxygen atoms in total. The van der Waals surface area contributed by atoms with E-state index in [0.29, 0.717) is 6.04 Å². The molecule has 0 radical (unpaired) electrons. The van der Waals surface area contributed by atoms with Crippen LogP contribution in [0.25, 0.3) is 5.52 Å². The van der Waals surface area contributed by atoms with Gasteiger partial charge in [0.2, 0.25) is 0 Å². The van der Waals surface area contributed by atoms with Gasteiger partial charge >= 0.3 is 0 Å². The highest BCUT2D eigenvalue weighted by molar-refractivity contribution is 5.54. The molecule has 2 aromatic rings. The molecule has 78 valence electrons. The molecule has 15 heavy (non-hydrogen) atoms. The topological polar surface area (TPSA) is 29.3 Å². The van der Waals surface area contributed by atoms with Crippen molar-refractivity contribution in [1.29, 1.82) is 0 Å². The van der Waals surface area contributed by atoms with Gasteiger partial charge in [-0.3, -0.25) is 0 Å². The number of nitrogens with one attached hydrogen (secondary N) is 1. The highest BCUT2D eigenvalue weighted by Gasteiger charge is 2.20. The molecule has 1 fully saturated rings. The van der Waals surface area contributed by atoms with Crippen LogP contribution in [-0.2, 0) is 6.42 Å². The Morgan fingerprint density at radius 3 is 3.07 bits per heavy atom. The molecule has 3 rings (SSSR count). The minimum Gasteiger partial charge on any atom is -0.381 e. The van der Waals surface area contributed by atoms with Gasteiger partial charge in [0.25, 0.3) is 0 Å². The number of aryl methyl sites for hydroxylation is 1. The summed E-state index contributed by atoms with van der Waals surface area (Å²) in [7, 11) is 0. The summed E-state index contributed by atoms with van der Waals surface area (Å²) in [6.45, 7) is 2.13. The van der Waals surface area contributed by atoms with Gasteiger partial charge in [-0.05, 0) is 25.0 Å². The van der Waals surface area contributed by atoms with Crippen LogP contribution in [0.2, 0.25) is 0 Å². The molecular weight excluding hydrogens is 186 g/mol.